The van der Waals surface area contributed by atoms with Gasteiger partial charge in [-0.2, -0.15) is 0 Å². The Morgan fingerprint density at radius 1 is 1.38 bits per heavy atom. The fourth-order valence-electron chi connectivity index (χ4n) is 1.86. The molecule has 1 aliphatic rings. The molecule has 0 bridgehead atoms. The quantitative estimate of drug-likeness (QED) is 0.901. The fourth-order valence-corrected chi connectivity index (χ4v) is 2.43. The van der Waals surface area contributed by atoms with Gasteiger partial charge in [-0.3, -0.25) is 4.79 Å². The minimum Gasteiger partial charge on any atom is -0.507 e. The number of hydrogen-bond donors (Lipinski definition) is 2. The van der Waals surface area contributed by atoms with Gasteiger partial charge < -0.3 is 14.8 Å². The number of carbonyl (C=O) groups excluding carboxylic acids is 1. The average Bonchev–Trinajstić information content (AvgIpc) is 3.14. The zero-order valence-corrected chi connectivity index (χ0v) is 12.3. The standard InChI is InChI=1S/C13H11Cl2N3O3/c14-7-3-8(15)11(9(19)4-7)12(20)16-5-10-17-18-13(21-10)6-1-2-6/h3-4,6,19H,1-2,5H2,(H,16,20). The Balaban J connectivity index is 1.68. The number of rotatable bonds is 4. The molecule has 1 aromatic carbocycles. The fraction of sp³-hybridized carbons (Fsp3) is 0.308. The molecular weight excluding hydrogens is 317 g/mol. The molecule has 1 aromatic heterocycles. The molecule has 0 spiro atoms. The molecule has 110 valence electrons. The van der Waals surface area contributed by atoms with Crippen LogP contribution in [0.5, 0.6) is 5.75 Å². The second-order valence-electron chi connectivity index (χ2n) is 4.77. The Morgan fingerprint density at radius 2 is 2.14 bits per heavy atom. The zero-order valence-electron chi connectivity index (χ0n) is 10.8. The maximum Gasteiger partial charge on any atom is 0.257 e. The molecule has 1 heterocycles. The van der Waals surface area contributed by atoms with E-state index in [2.05, 4.69) is 15.5 Å². The van der Waals surface area contributed by atoms with Crippen LogP contribution in [0.3, 0.4) is 0 Å². The number of amides is 1. The average molecular weight is 328 g/mol. The van der Waals surface area contributed by atoms with Crippen LogP contribution >= 0.6 is 23.2 Å². The number of hydrogen-bond acceptors (Lipinski definition) is 5. The summed E-state index contributed by atoms with van der Waals surface area (Å²) < 4.78 is 5.42. The van der Waals surface area contributed by atoms with Crippen LogP contribution in [-0.2, 0) is 6.54 Å². The van der Waals surface area contributed by atoms with Crippen LogP contribution in [0.2, 0.25) is 10.0 Å². The number of nitrogens with zero attached hydrogens (tertiary/aromatic N) is 2. The summed E-state index contributed by atoms with van der Waals surface area (Å²) >= 11 is 11.6. The molecule has 0 saturated heterocycles. The predicted molar refractivity (Wildman–Crippen MR) is 75.6 cm³/mol. The van der Waals surface area contributed by atoms with Gasteiger partial charge >= 0.3 is 0 Å². The van der Waals surface area contributed by atoms with Gasteiger partial charge in [0.2, 0.25) is 11.8 Å². The molecule has 8 heteroatoms. The highest BCUT2D eigenvalue weighted by molar-refractivity contribution is 6.37. The van der Waals surface area contributed by atoms with Gasteiger partial charge in [0.15, 0.2) is 0 Å². The minimum atomic E-state index is -0.541. The van der Waals surface area contributed by atoms with Gasteiger partial charge in [-0.15, -0.1) is 10.2 Å². The number of phenols is 1. The monoisotopic (exact) mass is 327 g/mol. The highest BCUT2D eigenvalue weighted by atomic mass is 35.5. The maximum atomic E-state index is 12.0. The molecule has 0 aliphatic heterocycles. The first-order valence-electron chi connectivity index (χ1n) is 6.33. The smallest absolute Gasteiger partial charge is 0.257 e. The third-order valence-electron chi connectivity index (χ3n) is 3.07. The summed E-state index contributed by atoms with van der Waals surface area (Å²) in [5, 5.41) is 20.4. The Bertz CT molecular complexity index is 675. The molecule has 1 aliphatic carbocycles. The number of aromatic hydroxyl groups is 1. The molecule has 21 heavy (non-hydrogen) atoms. The van der Waals surface area contributed by atoms with Crippen LogP contribution in [0.15, 0.2) is 16.5 Å². The van der Waals surface area contributed by atoms with Crippen molar-refractivity contribution < 1.29 is 14.3 Å². The number of carbonyl (C=O) groups is 1. The molecule has 2 N–H and O–H groups in total. The summed E-state index contributed by atoms with van der Waals surface area (Å²) in [5.41, 5.74) is -0.0389. The number of benzene rings is 1. The lowest BCUT2D eigenvalue weighted by molar-refractivity contribution is 0.0944. The molecular formula is C13H11Cl2N3O3. The van der Waals surface area contributed by atoms with Crippen molar-refractivity contribution in [3.63, 3.8) is 0 Å². The number of phenolic OH excluding ortho intramolecular Hbond substituents is 1. The highest BCUT2D eigenvalue weighted by Gasteiger charge is 2.29. The van der Waals surface area contributed by atoms with E-state index in [0.29, 0.717) is 17.7 Å². The van der Waals surface area contributed by atoms with E-state index in [9.17, 15) is 9.90 Å². The molecule has 6 nitrogen and oxygen atoms in total. The summed E-state index contributed by atoms with van der Waals surface area (Å²) in [4.78, 5) is 12.0. The van der Waals surface area contributed by atoms with E-state index < -0.39 is 5.91 Å². The summed E-state index contributed by atoms with van der Waals surface area (Å²) in [6.07, 6.45) is 2.12. The van der Waals surface area contributed by atoms with Gasteiger partial charge in [0.25, 0.3) is 5.91 Å². The lowest BCUT2D eigenvalue weighted by Crippen LogP contribution is -2.23. The largest absolute Gasteiger partial charge is 0.507 e. The van der Waals surface area contributed by atoms with Crippen molar-refractivity contribution in [2.45, 2.75) is 25.3 Å². The van der Waals surface area contributed by atoms with Gasteiger partial charge in [-0.1, -0.05) is 23.2 Å². The van der Waals surface area contributed by atoms with Crippen LogP contribution < -0.4 is 5.32 Å². The van der Waals surface area contributed by atoms with Crippen molar-refractivity contribution in [2.75, 3.05) is 0 Å². The van der Waals surface area contributed by atoms with Crippen molar-refractivity contribution in [3.05, 3.63) is 39.5 Å². The van der Waals surface area contributed by atoms with Crippen molar-refractivity contribution in [3.8, 4) is 5.75 Å². The summed E-state index contributed by atoms with van der Waals surface area (Å²) in [7, 11) is 0. The van der Waals surface area contributed by atoms with Crippen LogP contribution in [0.4, 0.5) is 0 Å². The van der Waals surface area contributed by atoms with Crippen LogP contribution in [0.25, 0.3) is 0 Å². The van der Waals surface area contributed by atoms with Crippen molar-refractivity contribution in [1.82, 2.24) is 15.5 Å². The van der Waals surface area contributed by atoms with Crippen LogP contribution in [0.1, 0.15) is 40.9 Å². The molecule has 1 fully saturated rings. The van der Waals surface area contributed by atoms with Crippen molar-refractivity contribution >= 4 is 29.1 Å². The van der Waals surface area contributed by atoms with E-state index >= 15 is 0 Å². The second-order valence-corrected chi connectivity index (χ2v) is 5.62. The summed E-state index contributed by atoms with van der Waals surface area (Å²) in [5.74, 6) is 0.452. The Labute approximate surface area is 130 Å². The predicted octanol–water partition coefficient (Wildman–Crippen LogP) is 2.89. The Hall–Kier alpha value is -1.79. The zero-order chi connectivity index (χ0) is 15.0. The first-order valence-corrected chi connectivity index (χ1v) is 7.08. The molecule has 1 amide bonds. The molecule has 3 rings (SSSR count). The SMILES string of the molecule is O=C(NCc1nnc(C2CC2)o1)c1c(O)cc(Cl)cc1Cl. The lowest BCUT2D eigenvalue weighted by Gasteiger charge is -2.07. The lowest BCUT2D eigenvalue weighted by atomic mass is 10.2. The number of nitrogens with one attached hydrogen (secondary N) is 1. The van der Waals surface area contributed by atoms with E-state index in [0.717, 1.165) is 12.8 Å². The third kappa shape index (κ3) is 3.11. The molecule has 2 aromatic rings. The normalized spacial score (nSPS) is 14.2. The number of halogens is 2. The van der Waals surface area contributed by atoms with E-state index in [1.807, 2.05) is 0 Å². The molecule has 0 unspecified atom stereocenters. The summed E-state index contributed by atoms with van der Waals surface area (Å²) in [6.45, 7) is 0.0664. The first-order chi connectivity index (χ1) is 10.0. The van der Waals surface area contributed by atoms with Gasteiger partial charge in [0.1, 0.15) is 5.75 Å². The number of aromatic nitrogens is 2. The molecule has 1 saturated carbocycles. The first kappa shape index (κ1) is 14.2. The van der Waals surface area contributed by atoms with Gasteiger partial charge in [-0.05, 0) is 25.0 Å². The molecule has 0 atom stereocenters. The topological polar surface area (TPSA) is 88.3 Å². The highest BCUT2D eigenvalue weighted by Crippen LogP contribution is 2.39. The minimum absolute atomic E-state index is 0.0389. The van der Waals surface area contributed by atoms with Crippen LogP contribution in [-0.4, -0.2) is 21.2 Å². The van der Waals surface area contributed by atoms with Crippen LogP contribution in [0, 0.1) is 0 Å². The summed E-state index contributed by atoms with van der Waals surface area (Å²) in [6, 6.07) is 2.63. The van der Waals surface area contributed by atoms with Gasteiger partial charge in [-0.25, -0.2) is 0 Å². The Kier molecular flexibility index (Phi) is 3.73. The van der Waals surface area contributed by atoms with E-state index in [-0.39, 0.29) is 27.9 Å². The van der Waals surface area contributed by atoms with Crippen molar-refractivity contribution in [1.29, 1.82) is 0 Å². The van der Waals surface area contributed by atoms with E-state index in [1.54, 1.807) is 0 Å². The maximum absolute atomic E-state index is 12.0. The van der Waals surface area contributed by atoms with Gasteiger partial charge in [0, 0.05) is 10.9 Å². The van der Waals surface area contributed by atoms with Crippen molar-refractivity contribution in [2.24, 2.45) is 0 Å². The van der Waals surface area contributed by atoms with E-state index in [4.69, 9.17) is 27.6 Å². The Morgan fingerprint density at radius 3 is 2.81 bits per heavy atom. The van der Waals surface area contributed by atoms with E-state index in [1.165, 1.54) is 12.1 Å². The molecule has 0 radical (unpaired) electrons. The second kappa shape index (κ2) is 5.54. The third-order valence-corrected chi connectivity index (χ3v) is 3.59. The van der Waals surface area contributed by atoms with Gasteiger partial charge in [0.05, 0.1) is 17.1 Å².